The highest BCUT2D eigenvalue weighted by atomic mass is 28.4. The zero-order valence-electron chi connectivity index (χ0n) is 19.1. The highest BCUT2D eigenvalue weighted by Crippen LogP contribution is 2.38. The van der Waals surface area contributed by atoms with Crippen molar-refractivity contribution in [2.24, 2.45) is 5.92 Å². The first kappa shape index (κ1) is 24.9. The monoisotopic (exact) mass is 408 g/mol. The summed E-state index contributed by atoms with van der Waals surface area (Å²) in [5.74, 6) is 0.154. The molecule has 1 aromatic carbocycles. The second kappa shape index (κ2) is 11.1. The van der Waals surface area contributed by atoms with Crippen LogP contribution in [0.2, 0.25) is 18.1 Å². The van der Waals surface area contributed by atoms with Gasteiger partial charge in [0.25, 0.3) is 0 Å². The smallest absolute Gasteiger partial charge is 0.308 e. The molecule has 0 spiro atoms. The van der Waals surface area contributed by atoms with E-state index in [0.29, 0.717) is 18.9 Å². The van der Waals surface area contributed by atoms with Gasteiger partial charge in [0, 0.05) is 0 Å². The standard InChI is InChI=1S/C23H40O4Si/c1-9-18(2)21(26-17-19-13-11-10-12-14-19)15-20(16-22(24)25-6)27-28(7,8)23(3,4)5/h10-14,18,20-21H,9,15-17H2,1-8H3/t18-,20-,21-/m0/s1. The summed E-state index contributed by atoms with van der Waals surface area (Å²) in [5, 5.41) is 0.0815. The number of rotatable bonds is 11. The second-order valence-corrected chi connectivity index (χ2v) is 14.0. The second-order valence-electron chi connectivity index (χ2n) is 9.24. The number of esters is 1. The molecule has 160 valence electrons. The Morgan fingerprint density at radius 1 is 1.14 bits per heavy atom. The van der Waals surface area contributed by atoms with Crippen molar-refractivity contribution >= 4 is 14.3 Å². The minimum Gasteiger partial charge on any atom is -0.469 e. The molecule has 3 atom stereocenters. The molecule has 4 nitrogen and oxygen atoms in total. The SMILES string of the molecule is CC[C@H](C)[C@H](C[C@@H](CC(=O)OC)O[Si](C)(C)C(C)(C)C)OCc1ccccc1. The first-order valence-corrected chi connectivity index (χ1v) is 13.3. The van der Waals surface area contributed by atoms with Crippen molar-refractivity contribution in [1.82, 2.24) is 0 Å². The van der Waals surface area contributed by atoms with Gasteiger partial charge >= 0.3 is 5.97 Å². The number of ether oxygens (including phenoxy) is 2. The Morgan fingerprint density at radius 2 is 1.75 bits per heavy atom. The molecule has 0 fully saturated rings. The van der Waals surface area contributed by atoms with E-state index in [1.807, 2.05) is 18.2 Å². The summed E-state index contributed by atoms with van der Waals surface area (Å²) in [7, 11) is -0.575. The number of benzene rings is 1. The van der Waals surface area contributed by atoms with Crippen LogP contribution in [-0.2, 0) is 25.3 Å². The Hall–Kier alpha value is -1.17. The zero-order chi connectivity index (χ0) is 21.4. The molecule has 0 saturated heterocycles. The third-order valence-electron chi connectivity index (χ3n) is 5.97. The van der Waals surface area contributed by atoms with Crippen molar-refractivity contribution in [2.45, 2.75) is 90.8 Å². The van der Waals surface area contributed by atoms with Gasteiger partial charge in [0.15, 0.2) is 8.32 Å². The maximum absolute atomic E-state index is 12.0. The normalized spacial score (nSPS) is 15.7. The van der Waals surface area contributed by atoms with Crippen LogP contribution in [-0.4, -0.2) is 33.6 Å². The lowest BCUT2D eigenvalue weighted by molar-refractivity contribution is -0.143. The summed E-state index contributed by atoms with van der Waals surface area (Å²) < 4.78 is 17.9. The molecule has 0 radical (unpaired) electrons. The van der Waals surface area contributed by atoms with Gasteiger partial charge in [-0.1, -0.05) is 71.4 Å². The number of carbonyl (C=O) groups excluding carboxylic acids is 1. The zero-order valence-corrected chi connectivity index (χ0v) is 20.1. The van der Waals surface area contributed by atoms with Gasteiger partial charge < -0.3 is 13.9 Å². The van der Waals surface area contributed by atoms with Crippen molar-refractivity contribution in [1.29, 1.82) is 0 Å². The summed E-state index contributed by atoms with van der Waals surface area (Å²) >= 11 is 0. The highest BCUT2D eigenvalue weighted by molar-refractivity contribution is 6.74. The van der Waals surface area contributed by atoms with Gasteiger partial charge in [-0.05, 0) is 36.0 Å². The average molecular weight is 409 g/mol. The van der Waals surface area contributed by atoms with Gasteiger partial charge in [0.2, 0.25) is 0 Å². The minimum atomic E-state index is -2.01. The molecule has 0 N–H and O–H groups in total. The van der Waals surface area contributed by atoms with Crippen LogP contribution in [0.1, 0.15) is 59.4 Å². The van der Waals surface area contributed by atoms with Gasteiger partial charge in [-0.2, -0.15) is 0 Å². The van der Waals surface area contributed by atoms with Gasteiger partial charge in [-0.3, -0.25) is 4.79 Å². The van der Waals surface area contributed by atoms with Crippen molar-refractivity contribution in [2.75, 3.05) is 7.11 Å². The lowest BCUT2D eigenvalue weighted by Gasteiger charge is -2.40. The van der Waals surface area contributed by atoms with Crippen LogP contribution in [0.3, 0.4) is 0 Å². The van der Waals surface area contributed by atoms with E-state index in [2.05, 4.69) is 59.8 Å². The fourth-order valence-corrected chi connectivity index (χ4v) is 4.17. The van der Waals surface area contributed by atoms with Crippen LogP contribution in [0, 0.1) is 5.92 Å². The van der Waals surface area contributed by atoms with E-state index in [1.54, 1.807) is 0 Å². The maximum Gasteiger partial charge on any atom is 0.308 e. The molecular formula is C23H40O4Si. The van der Waals surface area contributed by atoms with Gasteiger partial charge in [-0.25, -0.2) is 0 Å². The van der Waals surface area contributed by atoms with Crippen LogP contribution in [0.15, 0.2) is 30.3 Å². The Balaban J connectivity index is 2.92. The van der Waals surface area contributed by atoms with Crippen LogP contribution in [0.4, 0.5) is 0 Å². The largest absolute Gasteiger partial charge is 0.469 e. The first-order chi connectivity index (χ1) is 13.0. The first-order valence-electron chi connectivity index (χ1n) is 10.4. The van der Waals surface area contributed by atoms with Crippen LogP contribution in [0.25, 0.3) is 0 Å². The van der Waals surface area contributed by atoms with Crippen LogP contribution in [0.5, 0.6) is 0 Å². The summed E-state index contributed by atoms with van der Waals surface area (Å²) in [6.07, 6.45) is 1.83. The predicted octanol–water partition coefficient (Wildman–Crippen LogP) is 5.96. The average Bonchev–Trinajstić information content (AvgIpc) is 2.63. The minimum absolute atomic E-state index is 0.0321. The van der Waals surface area contributed by atoms with E-state index in [9.17, 15) is 4.79 Å². The molecule has 5 heteroatoms. The highest BCUT2D eigenvalue weighted by Gasteiger charge is 2.40. The fraction of sp³-hybridized carbons (Fsp3) is 0.696. The molecule has 0 saturated carbocycles. The summed E-state index contributed by atoms with van der Waals surface area (Å²) in [6.45, 7) is 16.0. The number of hydrogen-bond acceptors (Lipinski definition) is 4. The molecule has 0 amide bonds. The Labute approximate surface area is 173 Å². The Bertz CT molecular complexity index is 580. The lowest BCUT2D eigenvalue weighted by Crippen LogP contribution is -2.45. The van der Waals surface area contributed by atoms with Crippen LogP contribution >= 0.6 is 0 Å². The van der Waals surface area contributed by atoms with E-state index in [4.69, 9.17) is 13.9 Å². The Morgan fingerprint density at radius 3 is 2.25 bits per heavy atom. The van der Waals surface area contributed by atoms with Gasteiger partial charge in [0.05, 0.1) is 32.3 Å². The summed E-state index contributed by atoms with van der Waals surface area (Å²) in [5.41, 5.74) is 1.16. The molecule has 1 aromatic rings. The molecule has 0 aromatic heterocycles. The topological polar surface area (TPSA) is 44.8 Å². The van der Waals surface area contributed by atoms with E-state index in [-0.39, 0.29) is 29.6 Å². The van der Waals surface area contributed by atoms with Crippen molar-refractivity contribution in [3.63, 3.8) is 0 Å². The number of hydrogen-bond donors (Lipinski definition) is 0. The molecule has 1 rings (SSSR count). The van der Waals surface area contributed by atoms with Crippen molar-refractivity contribution in [3.05, 3.63) is 35.9 Å². The van der Waals surface area contributed by atoms with Crippen molar-refractivity contribution < 1.29 is 18.7 Å². The molecule has 0 heterocycles. The molecule has 28 heavy (non-hydrogen) atoms. The van der Waals surface area contributed by atoms with E-state index in [1.165, 1.54) is 7.11 Å². The van der Waals surface area contributed by atoms with E-state index in [0.717, 1.165) is 12.0 Å². The molecule has 0 unspecified atom stereocenters. The predicted molar refractivity (Wildman–Crippen MR) is 118 cm³/mol. The third-order valence-corrected chi connectivity index (χ3v) is 10.5. The van der Waals surface area contributed by atoms with E-state index >= 15 is 0 Å². The lowest BCUT2D eigenvalue weighted by atomic mass is 9.95. The van der Waals surface area contributed by atoms with Gasteiger partial charge in [0.1, 0.15) is 0 Å². The number of carbonyl (C=O) groups is 1. The molecular weight excluding hydrogens is 368 g/mol. The third kappa shape index (κ3) is 8.06. The van der Waals surface area contributed by atoms with Crippen molar-refractivity contribution in [3.8, 4) is 0 Å². The van der Waals surface area contributed by atoms with Gasteiger partial charge in [-0.15, -0.1) is 0 Å². The fourth-order valence-electron chi connectivity index (χ4n) is 2.80. The summed E-state index contributed by atoms with van der Waals surface area (Å²) in [4.78, 5) is 12.0. The Kier molecular flexibility index (Phi) is 9.88. The quantitative estimate of drug-likeness (QED) is 0.335. The maximum atomic E-state index is 12.0. The molecule has 0 aliphatic rings. The van der Waals surface area contributed by atoms with E-state index < -0.39 is 8.32 Å². The summed E-state index contributed by atoms with van der Waals surface area (Å²) in [6, 6.07) is 10.2. The molecule has 0 aliphatic heterocycles. The number of methoxy groups -OCH3 is 1. The van der Waals surface area contributed by atoms with Crippen LogP contribution < -0.4 is 0 Å². The molecule has 0 aliphatic carbocycles. The molecule has 0 bridgehead atoms.